The fourth-order valence-electron chi connectivity index (χ4n) is 2.74. The van der Waals surface area contributed by atoms with Gasteiger partial charge in [-0.25, -0.2) is 4.39 Å². The lowest BCUT2D eigenvalue weighted by Crippen LogP contribution is -2.14. The third kappa shape index (κ3) is 4.45. The van der Waals surface area contributed by atoms with Crippen molar-refractivity contribution in [3.05, 3.63) is 57.1 Å². The first-order valence-electron chi connectivity index (χ1n) is 8.10. The Morgan fingerprint density at radius 1 is 1.31 bits per heavy atom. The lowest BCUT2D eigenvalue weighted by atomic mass is 10.1. The van der Waals surface area contributed by atoms with Gasteiger partial charge in [-0.3, -0.25) is 14.9 Å². The maximum Gasteiger partial charge on any atom is 0.272 e. The summed E-state index contributed by atoms with van der Waals surface area (Å²) in [4.78, 5) is 22.3. The molecule has 0 N–H and O–H groups in total. The second-order valence-electron chi connectivity index (χ2n) is 5.87. The van der Waals surface area contributed by atoms with Gasteiger partial charge in [-0.15, -0.1) is 0 Å². The monoisotopic (exact) mass is 364 g/mol. The molecule has 0 amide bonds. The van der Waals surface area contributed by atoms with Gasteiger partial charge in [0.1, 0.15) is 0 Å². The van der Waals surface area contributed by atoms with Crippen LogP contribution in [-0.4, -0.2) is 35.6 Å². The Labute approximate surface area is 150 Å². The zero-order valence-corrected chi connectivity index (χ0v) is 15.0. The Bertz CT molecular complexity index is 816. The molecule has 0 spiro atoms. The Hall–Kier alpha value is -2.74. The normalized spacial score (nSPS) is 10.8. The third-order valence-corrected chi connectivity index (χ3v) is 4.09. The molecule has 1 aromatic heterocycles. The smallest absolute Gasteiger partial charge is 0.272 e. The molecule has 1 heterocycles. The number of hydrogen-bond acceptors (Lipinski definition) is 5. The maximum absolute atomic E-state index is 13.8. The number of nitrogens with zero attached hydrogens (tertiary/aromatic N) is 2. The van der Waals surface area contributed by atoms with Crippen molar-refractivity contribution in [3.63, 3.8) is 0 Å². The number of Topliss-reactive ketones (excluding diaryl/α,β-unsaturated/α-hetero) is 1. The lowest BCUT2D eigenvalue weighted by molar-refractivity contribution is -0.385. The number of nitro benzene ring substituents is 1. The van der Waals surface area contributed by atoms with Crippen molar-refractivity contribution >= 4 is 11.5 Å². The van der Waals surface area contributed by atoms with E-state index < -0.39 is 10.7 Å². The molecule has 0 radical (unpaired) electrons. The summed E-state index contributed by atoms with van der Waals surface area (Å²) in [6.07, 6.45) is 0.824. The quantitative estimate of drug-likeness (QED) is 0.294. The Morgan fingerprint density at radius 3 is 2.65 bits per heavy atom. The van der Waals surface area contributed by atoms with Crippen LogP contribution in [0.25, 0.3) is 0 Å². The number of carbonyl (C=O) groups is 1. The highest BCUT2D eigenvalue weighted by atomic mass is 19.1. The van der Waals surface area contributed by atoms with Crippen LogP contribution in [0.4, 0.5) is 10.1 Å². The van der Waals surface area contributed by atoms with Gasteiger partial charge in [0.15, 0.2) is 18.2 Å². The molecule has 0 atom stereocenters. The number of ether oxygens (including phenoxy) is 2. The van der Waals surface area contributed by atoms with E-state index in [1.54, 1.807) is 13.2 Å². The fraction of sp³-hybridized carbons (Fsp3) is 0.389. The largest absolute Gasteiger partial charge is 0.482 e. The molecule has 2 rings (SSSR count). The Kier molecular flexibility index (Phi) is 6.46. The number of aryl methyl sites for hydroxylation is 1. The number of nitro groups is 1. The van der Waals surface area contributed by atoms with Crippen LogP contribution in [0.2, 0.25) is 0 Å². The van der Waals surface area contributed by atoms with Gasteiger partial charge in [0, 0.05) is 43.3 Å². The molecule has 2 aromatic rings. The van der Waals surface area contributed by atoms with E-state index in [1.807, 2.05) is 18.4 Å². The second-order valence-corrected chi connectivity index (χ2v) is 5.87. The predicted octanol–water partition coefficient (Wildman–Crippen LogP) is 3.45. The molecule has 0 unspecified atom stereocenters. The van der Waals surface area contributed by atoms with Crippen LogP contribution in [0.15, 0.2) is 24.3 Å². The summed E-state index contributed by atoms with van der Waals surface area (Å²) in [7, 11) is 1.64. The molecule has 0 aliphatic carbocycles. The highest BCUT2D eigenvalue weighted by Crippen LogP contribution is 2.23. The van der Waals surface area contributed by atoms with Gasteiger partial charge in [0.05, 0.1) is 11.0 Å². The number of rotatable bonds is 9. The average molecular weight is 364 g/mol. The molecule has 0 aliphatic rings. The summed E-state index contributed by atoms with van der Waals surface area (Å²) in [6.45, 7) is 4.77. The summed E-state index contributed by atoms with van der Waals surface area (Å²) in [5, 5.41) is 10.6. The minimum Gasteiger partial charge on any atom is -0.482 e. The number of hydrogen-bond donors (Lipinski definition) is 0. The molecule has 8 heteroatoms. The van der Waals surface area contributed by atoms with Gasteiger partial charge in [0.2, 0.25) is 5.78 Å². The van der Waals surface area contributed by atoms with Crippen LogP contribution >= 0.6 is 0 Å². The van der Waals surface area contributed by atoms with Gasteiger partial charge in [-0.05, 0) is 32.4 Å². The molecule has 140 valence electrons. The van der Waals surface area contributed by atoms with Gasteiger partial charge >= 0.3 is 0 Å². The topological polar surface area (TPSA) is 83.6 Å². The minimum absolute atomic E-state index is 0.196. The van der Waals surface area contributed by atoms with Crippen molar-refractivity contribution in [2.75, 3.05) is 20.3 Å². The van der Waals surface area contributed by atoms with Crippen LogP contribution < -0.4 is 4.74 Å². The first kappa shape index (κ1) is 19.6. The highest BCUT2D eigenvalue weighted by molar-refractivity contribution is 5.98. The van der Waals surface area contributed by atoms with E-state index in [0.717, 1.165) is 42.6 Å². The third-order valence-electron chi connectivity index (χ3n) is 4.09. The number of benzene rings is 1. The number of non-ortho nitro benzene ring substituents is 1. The lowest BCUT2D eigenvalue weighted by Gasteiger charge is -2.10. The molecule has 0 saturated carbocycles. The van der Waals surface area contributed by atoms with Crippen molar-refractivity contribution in [2.45, 2.75) is 26.8 Å². The van der Waals surface area contributed by atoms with Crippen LogP contribution in [0, 0.1) is 29.8 Å². The average Bonchev–Trinajstić information content (AvgIpc) is 2.88. The number of aromatic nitrogens is 1. The van der Waals surface area contributed by atoms with Crippen molar-refractivity contribution in [2.24, 2.45) is 0 Å². The van der Waals surface area contributed by atoms with Crippen molar-refractivity contribution in [1.82, 2.24) is 4.57 Å². The molecule has 7 nitrogen and oxygen atoms in total. The van der Waals surface area contributed by atoms with Gasteiger partial charge in [-0.1, -0.05) is 0 Å². The Balaban J connectivity index is 2.06. The highest BCUT2D eigenvalue weighted by Gasteiger charge is 2.18. The molecule has 0 fully saturated rings. The van der Waals surface area contributed by atoms with Crippen molar-refractivity contribution < 1.29 is 23.6 Å². The predicted molar refractivity (Wildman–Crippen MR) is 93.3 cm³/mol. The fourth-order valence-corrected chi connectivity index (χ4v) is 2.74. The van der Waals surface area contributed by atoms with Crippen molar-refractivity contribution in [1.29, 1.82) is 0 Å². The van der Waals surface area contributed by atoms with E-state index in [-0.39, 0.29) is 23.8 Å². The molecule has 26 heavy (non-hydrogen) atoms. The summed E-state index contributed by atoms with van der Waals surface area (Å²) < 4.78 is 26.1. The number of halogens is 1. The zero-order chi connectivity index (χ0) is 19.3. The second kappa shape index (κ2) is 8.57. The van der Waals surface area contributed by atoms with E-state index in [9.17, 15) is 19.3 Å². The maximum atomic E-state index is 13.8. The number of ketones is 1. The zero-order valence-electron chi connectivity index (χ0n) is 15.0. The molecular weight excluding hydrogens is 343 g/mol. The van der Waals surface area contributed by atoms with Crippen LogP contribution in [0.5, 0.6) is 5.75 Å². The van der Waals surface area contributed by atoms with Gasteiger partial charge < -0.3 is 14.0 Å². The first-order valence-corrected chi connectivity index (χ1v) is 8.10. The Morgan fingerprint density at radius 2 is 2.04 bits per heavy atom. The number of carbonyl (C=O) groups excluding carboxylic acids is 1. The van der Waals surface area contributed by atoms with Crippen LogP contribution in [-0.2, 0) is 11.3 Å². The molecular formula is C18H21FN2O5. The molecule has 1 aromatic carbocycles. The van der Waals surface area contributed by atoms with E-state index in [1.165, 1.54) is 0 Å². The minimum atomic E-state index is -0.878. The van der Waals surface area contributed by atoms with Gasteiger partial charge in [0.25, 0.3) is 5.69 Å². The first-order chi connectivity index (χ1) is 12.3. The van der Waals surface area contributed by atoms with Crippen LogP contribution in [0.3, 0.4) is 0 Å². The molecule has 0 bridgehead atoms. The standard InChI is InChI=1S/C18H21FN2O5/c1-12-9-15(13(2)20(12)7-4-8-25-3)17(22)11-26-18-6-5-14(21(23)24)10-16(18)19/h5-6,9-10H,4,7-8,11H2,1-3H3. The number of methoxy groups -OCH3 is 1. The summed E-state index contributed by atoms with van der Waals surface area (Å²) >= 11 is 0. The molecule has 0 aliphatic heterocycles. The summed E-state index contributed by atoms with van der Waals surface area (Å²) in [5.41, 5.74) is 1.91. The van der Waals surface area contributed by atoms with E-state index in [0.29, 0.717) is 12.2 Å². The van der Waals surface area contributed by atoms with E-state index in [4.69, 9.17) is 9.47 Å². The summed E-state index contributed by atoms with van der Waals surface area (Å²) in [5.74, 6) is -1.36. The molecule has 0 saturated heterocycles. The van der Waals surface area contributed by atoms with E-state index >= 15 is 0 Å². The summed E-state index contributed by atoms with van der Waals surface area (Å²) in [6, 6.07) is 4.82. The van der Waals surface area contributed by atoms with E-state index in [2.05, 4.69) is 0 Å². The van der Waals surface area contributed by atoms with Crippen molar-refractivity contribution in [3.8, 4) is 5.75 Å². The van der Waals surface area contributed by atoms with Gasteiger partial charge in [-0.2, -0.15) is 0 Å². The van der Waals surface area contributed by atoms with Crippen LogP contribution in [0.1, 0.15) is 28.2 Å². The SMILES string of the molecule is COCCCn1c(C)cc(C(=O)COc2ccc([N+](=O)[O-])cc2F)c1C.